The number of para-hydroxylation sites is 1. The number of fused-ring (bicyclic) bond motifs is 1. The molecule has 0 saturated carbocycles. The van der Waals surface area contributed by atoms with E-state index in [1.54, 1.807) is 6.92 Å². The van der Waals surface area contributed by atoms with Gasteiger partial charge < -0.3 is 15.0 Å². The van der Waals surface area contributed by atoms with E-state index in [4.69, 9.17) is 16.3 Å². The molecule has 3 heterocycles. The Labute approximate surface area is 205 Å². The van der Waals surface area contributed by atoms with E-state index >= 15 is 0 Å². The number of ether oxygens (including phenoxy) is 1. The quantitative estimate of drug-likeness (QED) is 0.327. The van der Waals surface area contributed by atoms with Gasteiger partial charge in [-0.3, -0.25) is 9.36 Å². The lowest BCUT2D eigenvalue weighted by atomic mass is 10.1. The highest BCUT2D eigenvalue weighted by atomic mass is 35.5. The van der Waals surface area contributed by atoms with Gasteiger partial charge in [-0.2, -0.15) is 0 Å². The molecule has 0 bridgehead atoms. The van der Waals surface area contributed by atoms with Crippen LogP contribution in [0.1, 0.15) is 19.8 Å². The topological polar surface area (TPSA) is 84.8 Å². The summed E-state index contributed by atoms with van der Waals surface area (Å²) >= 11 is 7.37. The lowest BCUT2D eigenvalue weighted by molar-refractivity contribution is -0.115. The van der Waals surface area contributed by atoms with Gasteiger partial charge in [0, 0.05) is 29.3 Å². The number of hydrogen-bond acceptors (Lipinski definition) is 5. The summed E-state index contributed by atoms with van der Waals surface area (Å²) in [5.41, 5.74) is 2.33. The van der Waals surface area contributed by atoms with Gasteiger partial charge >= 0.3 is 0 Å². The van der Waals surface area contributed by atoms with Gasteiger partial charge in [-0.1, -0.05) is 41.6 Å². The second-order valence-corrected chi connectivity index (χ2v) is 9.89. The highest BCUT2D eigenvalue weighted by Crippen LogP contribution is 2.33. The minimum atomic E-state index is -0.496. The van der Waals surface area contributed by atoms with Crippen LogP contribution < -0.4 is 5.32 Å². The molecular weight excluding hydrogens is 477 g/mol. The molecule has 2 aromatic heterocycles. The molecule has 10 heteroatoms. The summed E-state index contributed by atoms with van der Waals surface area (Å²) in [4.78, 5) is 16.1. The van der Waals surface area contributed by atoms with E-state index in [9.17, 15) is 9.18 Å². The van der Waals surface area contributed by atoms with Crippen molar-refractivity contribution >= 4 is 45.9 Å². The van der Waals surface area contributed by atoms with Crippen molar-refractivity contribution in [3.63, 3.8) is 0 Å². The summed E-state index contributed by atoms with van der Waals surface area (Å²) in [5, 5.41) is 13.0. The van der Waals surface area contributed by atoms with Crippen LogP contribution in [0.2, 0.25) is 5.02 Å². The Morgan fingerprint density at radius 2 is 2.21 bits per heavy atom. The standard InChI is InChI=1S/C24H23ClFN5O2S/c1-14(23(32)28-21-9-8-15(26)11-19(21)25)34-24-30-29-22(31(24)13-16-5-4-10-33-16)18-12-27-20-7-3-2-6-17(18)20/h2-3,6-9,11-12,14,16,27H,4-5,10,13H2,1H3,(H,28,32). The number of H-pyrrole nitrogens is 1. The van der Waals surface area contributed by atoms with E-state index < -0.39 is 11.1 Å². The fourth-order valence-electron chi connectivity index (χ4n) is 4.03. The first-order valence-electron chi connectivity index (χ1n) is 11.0. The first-order valence-corrected chi connectivity index (χ1v) is 12.3. The zero-order valence-electron chi connectivity index (χ0n) is 18.4. The third kappa shape index (κ3) is 4.68. The summed E-state index contributed by atoms with van der Waals surface area (Å²) in [6.45, 7) is 3.13. The van der Waals surface area contributed by atoms with Gasteiger partial charge in [-0.25, -0.2) is 4.39 Å². The predicted molar refractivity (Wildman–Crippen MR) is 132 cm³/mol. The lowest BCUT2D eigenvalue weighted by Gasteiger charge is -2.16. The molecule has 0 aliphatic carbocycles. The van der Waals surface area contributed by atoms with Crippen molar-refractivity contribution in [1.29, 1.82) is 0 Å². The molecule has 2 unspecified atom stereocenters. The van der Waals surface area contributed by atoms with E-state index in [0.29, 0.717) is 17.4 Å². The van der Waals surface area contributed by atoms with Crippen LogP contribution in [0.25, 0.3) is 22.3 Å². The summed E-state index contributed by atoms with van der Waals surface area (Å²) in [6.07, 6.45) is 3.99. The summed E-state index contributed by atoms with van der Waals surface area (Å²) in [6, 6.07) is 11.9. The van der Waals surface area contributed by atoms with Gasteiger partial charge in [-0.05, 0) is 44.0 Å². The van der Waals surface area contributed by atoms with Gasteiger partial charge in [0.1, 0.15) is 5.82 Å². The van der Waals surface area contributed by atoms with Crippen LogP contribution in [0, 0.1) is 5.82 Å². The van der Waals surface area contributed by atoms with Crippen molar-refractivity contribution in [3.8, 4) is 11.4 Å². The van der Waals surface area contributed by atoms with Gasteiger partial charge in [0.25, 0.3) is 0 Å². The fraction of sp³-hybridized carbons (Fsp3) is 0.292. The highest BCUT2D eigenvalue weighted by Gasteiger charge is 2.26. The number of halogens is 2. The number of nitrogens with one attached hydrogen (secondary N) is 2. The molecule has 2 atom stereocenters. The molecule has 176 valence electrons. The minimum Gasteiger partial charge on any atom is -0.376 e. The number of rotatable bonds is 7. The monoisotopic (exact) mass is 499 g/mol. The number of benzene rings is 2. The first kappa shape index (κ1) is 22.9. The molecule has 2 N–H and O–H groups in total. The van der Waals surface area contributed by atoms with Crippen molar-refractivity contribution in [2.45, 2.75) is 42.8 Å². The molecule has 0 radical (unpaired) electrons. The largest absolute Gasteiger partial charge is 0.376 e. The normalized spacial score (nSPS) is 16.7. The lowest BCUT2D eigenvalue weighted by Crippen LogP contribution is -2.24. The number of hydrogen-bond donors (Lipinski definition) is 2. The molecule has 2 aromatic carbocycles. The Kier molecular flexibility index (Phi) is 6.58. The van der Waals surface area contributed by atoms with Crippen molar-refractivity contribution < 1.29 is 13.9 Å². The van der Waals surface area contributed by atoms with E-state index in [-0.39, 0.29) is 17.0 Å². The Hall–Kier alpha value is -2.88. The highest BCUT2D eigenvalue weighted by molar-refractivity contribution is 8.00. The molecule has 1 amide bonds. The van der Waals surface area contributed by atoms with Crippen LogP contribution >= 0.6 is 23.4 Å². The van der Waals surface area contributed by atoms with Crippen molar-refractivity contribution in [2.24, 2.45) is 0 Å². The zero-order valence-corrected chi connectivity index (χ0v) is 20.0. The second-order valence-electron chi connectivity index (χ2n) is 8.17. The van der Waals surface area contributed by atoms with Gasteiger partial charge in [0.2, 0.25) is 5.91 Å². The number of carbonyl (C=O) groups excluding carboxylic acids is 1. The number of thioether (sulfide) groups is 1. The predicted octanol–water partition coefficient (Wildman–Crippen LogP) is 5.52. The molecule has 1 aliphatic heterocycles. The molecule has 5 rings (SSSR count). The summed E-state index contributed by atoms with van der Waals surface area (Å²) in [7, 11) is 0. The van der Waals surface area contributed by atoms with Crippen LogP contribution in [-0.4, -0.2) is 43.6 Å². The van der Waals surface area contributed by atoms with E-state index in [1.165, 1.54) is 30.0 Å². The van der Waals surface area contributed by atoms with Crippen molar-refractivity contribution in [1.82, 2.24) is 19.7 Å². The summed E-state index contributed by atoms with van der Waals surface area (Å²) < 4.78 is 21.2. The van der Waals surface area contributed by atoms with Gasteiger partial charge in [0.05, 0.1) is 28.6 Å². The first-order chi connectivity index (χ1) is 16.5. The number of aromatic nitrogens is 4. The van der Waals surface area contributed by atoms with Crippen LogP contribution in [0.15, 0.2) is 53.8 Å². The average Bonchev–Trinajstić information content (AvgIpc) is 3.57. The zero-order chi connectivity index (χ0) is 23.7. The van der Waals surface area contributed by atoms with Crippen LogP contribution in [-0.2, 0) is 16.1 Å². The van der Waals surface area contributed by atoms with Crippen LogP contribution in [0.5, 0.6) is 0 Å². The smallest absolute Gasteiger partial charge is 0.237 e. The Morgan fingerprint density at radius 3 is 3.00 bits per heavy atom. The van der Waals surface area contributed by atoms with Crippen LogP contribution in [0.3, 0.4) is 0 Å². The van der Waals surface area contributed by atoms with E-state index in [1.807, 2.05) is 35.0 Å². The van der Waals surface area contributed by atoms with Gasteiger partial charge in [0.15, 0.2) is 11.0 Å². The number of aromatic amines is 1. The van der Waals surface area contributed by atoms with Crippen LogP contribution in [0.4, 0.5) is 10.1 Å². The fourth-order valence-corrected chi connectivity index (χ4v) is 5.10. The van der Waals surface area contributed by atoms with E-state index in [0.717, 1.165) is 41.7 Å². The van der Waals surface area contributed by atoms with Crippen molar-refractivity contribution in [2.75, 3.05) is 11.9 Å². The summed E-state index contributed by atoms with van der Waals surface area (Å²) in [5.74, 6) is 0.000854. The second kappa shape index (κ2) is 9.77. The maximum atomic E-state index is 13.3. The molecule has 1 fully saturated rings. The third-order valence-corrected chi connectivity index (χ3v) is 7.19. The maximum absolute atomic E-state index is 13.3. The molecule has 1 saturated heterocycles. The molecule has 34 heavy (non-hydrogen) atoms. The molecule has 1 aliphatic rings. The molecule has 4 aromatic rings. The number of anilines is 1. The number of amides is 1. The Bertz CT molecular complexity index is 1330. The Morgan fingerprint density at radius 1 is 1.35 bits per heavy atom. The number of carbonyl (C=O) groups is 1. The van der Waals surface area contributed by atoms with E-state index in [2.05, 4.69) is 20.5 Å². The average molecular weight is 500 g/mol. The molecular formula is C24H23ClFN5O2S. The minimum absolute atomic E-state index is 0.0708. The third-order valence-electron chi connectivity index (χ3n) is 5.80. The SMILES string of the molecule is CC(Sc1nnc(-c2c[nH]c3ccccc23)n1CC1CCCO1)C(=O)Nc1ccc(F)cc1Cl. The van der Waals surface area contributed by atoms with Gasteiger partial charge in [-0.15, -0.1) is 10.2 Å². The van der Waals surface area contributed by atoms with Crippen molar-refractivity contribution in [3.05, 3.63) is 59.5 Å². The molecule has 0 spiro atoms. The number of nitrogens with zero attached hydrogens (tertiary/aromatic N) is 3. The molecule has 7 nitrogen and oxygen atoms in total. The Balaban J connectivity index is 1.42. The maximum Gasteiger partial charge on any atom is 0.237 e.